The van der Waals surface area contributed by atoms with Crippen molar-refractivity contribution in [3.63, 3.8) is 0 Å². The van der Waals surface area contributed by atoms with Gasteiger partial charge < -0.3 is 10.3 Å². The Morgan fingerprint density at radius 3 is 2.81 bits per heavy atom. The third kappa shape index (κ3) is 2.33. The fourth-order valence-electron chi connectivity index (χ4n) is 3.18. The lowest BCUT2D eigenvalue weighted by atomic mass is 10.1. The number of rotatable bonds is 2. The number of pyridine rings is 1. The average Bonchev–Trinajstić information content (AvgIpc) is 3.26. The highest BCUT2D eigenvalue weighted by atomic mass is 32.1. The number of hydrogen-bond acceptors (Lipinski definition) is 5. The van der Waals surface area contributed by atoms with Gasteiger partial charge in [0, 0.05) is 22.0 Å². The summed E-state index contributed by atoms with van der Waals surface area (Å²) in [7, 11) is 0. The van der Waals surface area contributed by atoms with Crippen LogP contribution in [0.25, 0.3) is 32.8 Å². The fourth-order valence-corrected chi connectivity index (χ4v) is 3.69. The van der Waals surface area contributed by atoms with E-state index < -0.39 is 0 Å². The molecule has 5 rings (SSSR count). The van der Waals surface area contributed by atoms with Gasteiger partial charge in [-0.15, -0.1) is 0 Å². The Balaban J connectivity index is 1.56. The minimum atomic E-state index is -0.247. The van der Waals surface area contributed by atoms with Gasteiger partial charge in [0.2, 0.25) is 0 Å². The molecule has 6 nitrogen and oxygen atoms in total. The minimum absolute atomic E-state index is 0.247. The molecular formula is C19H13N5OS. The van der Waals surface area contributed by atoms with Gasteiger partial charge in [-0.2, -0.15) is 8.75 Å². The van der Waals surface area contributed by atoms with Crippen molar-refractivity contribution in [1.82, 2.24) is 18.7 Å². The molecule has 126 valence electrons. The second-order valence-corrected chi connectivity index (χ2v) is 6.64. The van der Waals surface area contributed by atoms with E-state index in [-0.39, 0.29) is 5.91 Å². The Hall–Kier alpha value is -3.32. The maximum absolute atomic E-state index is 12.7. The van der Waals surface area contributed by atoms with Gasteiger partial charge in [0.1, 0.15) is 16.7 Å². The highest BCUT2D eigenvalue weighted by Gasteiger charge is 2.14. The number of hydrogen-bond donors (Lipinski definition) is 2. The number of aromatic amines is 1. The predicted molar refractivity (Wildman–Crippen MR) is 104 cm³/mol. The quantitative estimate of drug-likeness (QED) is 0.493. The van der Waals surface area contributed by atoms with Gasteiger partial charge in [0.05, 0.1) is 22.9 Å². The van der Waals surface area contributed by atoms with E-state index in [4.69, 9.17) is 0 Å². The molecule has 3 heterocycles. The van der Waals surface area contributed by atoms with E-state index in [0.29, 0.717) is 11.4 Å². The maximum Gasteiger partial charge on any atom is 0.274 e. The van der Waals surface area contributed by atoms with Gasteiger partial charge in [-0.25, -0.2) is 4.98 Å². The molecule has 2 aromatic carbocycles. The van der Waals surface area contributed by atoms with Gasteiger partial charge in [0.15, 0.2) is 0 Å². The van der Waals surface area contributed by atoms with Crippen LogP contribution in [0.4, 0.5) is 5.69 Å². The van der Waals surface area contributed by atoms with Crippen LogP contribution >= 0.6 is 11.7 Å². The second-order valence-electron chi connectivity index (χ2n) is 6.11. The average molecular weight is 359 g/mol. The van der Waals surface area contributed by atoms with Crippen LogP contribution in [0.2, 0.25) is 0 Å². The molecule has 0 atom stereocenters. The maximum atomic E-state index is 12.7. The highest BCUT2D eigenvalue weighted by Crippen LogP contribution is 2.27. The van der Waals surface area contributed by atoms with Crippen molar-refractivity contribution in [2.24, 2.45) is 0 Å². The van der Waals surface area contributed by atoms with Crippen molar-refractivity contribution >= 4 is 56.2 Å². The molecular weight excluding hydrogens is 346 g/mol. The minimum Gasteiger partial charge on any atom is -0.353 e. The number of fused-ring (bicyclic) bond motifs is 4. The molecule has 0 saturated heterocycles. The van der Waals surface area contributed by atoms with Crippen molar-refractivity contribution in [1.29, 1.82) is 0 Å². The standard InChI is InChI=1S/C19H13N5OS/c1-10-18-13(12-4-2-3-5-14(12)22-18)9-17(20-10)19(25)21-11-6-7-15-16(8-11)24-26-23-15/h2-9,22H,1H3,(H,21,25). The number of nitrogens with zero attached hydrogens (tertiary/aromatic N) is 3. The number of aryl methyl sites for hydroxylation is 1. The van der Waals surface area contributed by atoms with Crippen LogP contribution < -0.4 is 5.32 Å². The van der Waals surface area contributed by atoms with Crippen LogP contribution in [0, 0.1) is 6.92 Å². The first-order valence-electron chi connectivity index (χ1n) is 8.11. The molecule has 0 bridgehead atoms. The molecule has 3 aromatic heterocycles. The predicted octanol–water partition coefficient (Wildman–Crippen LogP) is 4.28. The molecule has 0 radical (unpaired) electrons. The van der Waals surface area contributed by atoms with E-state index in [1.807, 2.05) is 55.5 Å². The summed E-state index contributed by atoms with van der Waals surface area (Å²) in [6, 6.07) is 15.3. The van der Waals surface area contributed by atoms with Gasteiger partial charge in [-0.05, 0) is 37.3 Å². The van der Waals surface area contributed by atoms with E-state index in [2.05, 4.69) is 24.0 Å². The van der Waals surface area contributed by atoms with Crippen LogP contribution in [0.1, 0.15) is 16.2 Å². The van der Waals surface area contributed by atoms with Crippen molar-refractivity contribution < 1.29 is 4.79 Å². The largest absolute Gasteiger partial charge is 0.353 e. The molecule has 0 spiro atoms. The molecule has 0 aliphatic heterocycles. The summed E-state index contributed by atoms with van der Waals surface area (Å²) in [6.45, 7) is 1.90. The molecule has 0 fully saturated rings. The molecule has 1 amide bonds. The number of H-pyrrole nitrogens is 1. The number of carbonyl (C=O) groups is 1. The lowest BCUT2D eigenvalue weighted by molar-refractivity contribution is 0.102. The summed E-state index contributed by atoms with van der Waals surface area (Å²) >= 11 is 1.15. The normalized spacial score (nSPS) is 11.4. The third-order valence-corrected chi connectivity index (χ3v) is 4.98. The topological polar surface area (TPSA) is 83.6 Å². The van der Waals surface area contributed by atoms with Crippen LogP contribution in [-0.4, -0.2) is 24.6 Å². The monoisotopic (exact) mass is 359 g/mol. The zero-order valence-electron chi connectivity index (χ0n) is 13.8. The SMILES string of the molecule is Cc1nc(C(=O)Nc2ccc3nsnc3c2)cc2c1[nH]c1ccccc12. The first kappa shape index (κ1) is 15.0. The van der Waals surface area contributed by atoms with Crippen LogP contribution in [0.15, 0.2) is 48.5 Å². The van der Waals surface area contributed by atoms with E-state index >= 15 is 0 Å². The Labute approximate surface area is 152 Å². The fraction of sp³-hybridized carbons (Fsp3) is 0.0526. The lowest BCUT2D eigenvalue weighted by Crippen LogP contribution is -2.14. The first-order valence-corrected chi connectivity index (χ1v) is 8.84. The van der Waals surface area contributed by atoms with Gasteiger partial charge in [-0.1, -0.05) is 18.2 Å². The van der Waals surface area contributed by atoms with Crippen LogP contribution in [-0.2, 0) is 0 Å². The second kappa shape index (κ2) is 5.60. The number of para-hydroxylation sites is 1. The molecule has 2 N–H and O–H groups in total. The number of aromatic nitrogens is 4. The lowest BCUT2D eigenvalue weighted by Gasteiger charge is -2.06. The van der Waals surface area contributed by atoms with E-state index in [9.17, 15) is 4.79 Å². The summed E-state index contributed by atoms with van der Waals surface area (Å²) in [6.07, 6.45) is 0. The Morgan fingerprint density at radius 1 is 1.04 bits per heavy atom. The molecule has 0 aliphatic rings. The molecule has 5 aromatic rings. The number of amides is 1. The zero-order chi connectivity index (χ0) is 17.7. The summed E-state index contributed by atoms with van der Waals surface area (Å²) in [5.74, 6) is -0.247. The van der Waals surface area contributed by atoms with Crippen molar-refractivity contribution in [3.05, 3.63) is 59.9 Å². The van der Waals surface area contributed by atoms with E-state index in [0.717, 1.165) is 50.3 Å². The zero-order valence-corrected chi connectivity index (χ0v) is 14.6. The van der Waals surface area contributed by atoms with Crippen molar-refractivity contribution in [3.8, 4) is 0 Å². The number of carbonyl (C=O) groups excluding carboxylic acids is 1. The Bertz CT molecular complexity index is 1300. The summed E-state index contributed by atoms with van der Waals surface area (Å²) < 4.78 is 8.37. The van der Waals surface area contributed by atoms with E-state index in [1.54, 1.807) is 0 Å². The number of benzene rings is 2. The molecule has 0 aliphatic carbocycles. The number of anilines is 1. The first-order chi connectivity index (χ1) is 12.7. The summed E-state index contributed by atoms with van der Waals surface area (Å²) in [5.41, 5.74) is 5.43. The van der Waals surface area contributed by atoms with Crippen molar-refractivity contribution in [2.75, 3.05) is 5.32 Å². The highest BCUT2D eigenvalue weighted by molar-refractivity contribution is 7.00. The molecule has 0 saturated carbocycles. The number of nitrogens with one attached hydrogen (secondary N) is 2. The summed E-state index contributed by atoms with van der Waals surface area (Å²) in [4.78, 5) is 20.6. The van der Waals surface area contributed by atoms with Crippen LogP contribution in [0.5, 0.6) is 0 Å². The van der Waals surface area contributed by atoms with E-state index in [1.165, 1.54) is 0 Å². The molecule has 0 unspecified atom stereocenters. The summed E-state index contributed by atoms with van der Waals surface area (Å²) in [5, 5.41) is 4.98. The Kier molecular flexibility index (Phi) is 3.23. The van der Waals surface area contributed by atoms with Gasteiger partial charge in [-0.3, -0.25) is 4.79 Å². The third-order valence-electron chi connectivity index (χ3n) is 4.42. The smallest absolute Gasteiger partial charge is 0.274 e. The van der Waals surface area contributed by atoms with Gasteiger partial charge >= 0.3 is 0 Å². The molecule has 26 heavy (non-hydrogen) atoms. The Morgan fingerprint density at radius 2 is 1.88 bits per heavy atom. The van der Waals surface area contributed by atoms with Gasteiger partial charge in [0.25, 0.3) is 5.91 Å². The van der Waals surface area contributed by atoms with Crippen molar-refractivity contribution in [2.45, 2.75) is 6.92 Å². The van der Waals surface area contributed by atoms with Crippen LogP contribution in [0.3, 0.4) is 0 Å². The molecule has 7 heteroatoms.